The highest BCUT2D eigenvalue weighted by Crippen LogP contribution is 2.19. The molecule has 1 atom stereocenters. The number of benzene rings is 1. The second-order valence-corrected chi connectivity index (χ2v) is 7.12. The average Bonchev–Trinajstić information content (AvgIpc) is 2.46. The highest BCUT2D eigenvalue weighted by atomic mass is 32.2. The molecule has 1 saturated heterocycles. The van der Waals surface area contributed by atoms with E-state index in [0.29, 0.717) is 6.54 Å². The topological polar surface area (TPSA) is 75.7 Å². The number of amides is 1. The fraction of sp³-hybridized carbons (Fsp3) is 0.500. The van der Waals surface area contributed by atoms with E-state index in [-0.39, 0.29) is 30.9 Å². The quantitative estimate of drug-likeness (QED) is 0.867. The van der Waals surface area contributed by atoms with Crippen LogP contribution >= 0.6 is 0 Å². The normalized spacial score (nSPS) is 19.8. The maximum absolute atomic E-state index is 12.0. The van der Waals surface area contributed by atoms with Gasteiger partial charge in [-0.05, 0) is 31.5 Å². The highest BCUT2D eigenvalue weighted by Gasteiger charge is 2.28. The Balaban J connectivity index is 2.04. The molecule has 21 heavy (non-hydrogen) atoms. The van der Waals surface area contributed by atoms with Crippen LogP contribution in [-0.4, -0.2) is 45.9 Å². The van der Waals surface area contributed by atoms with Gasteiger partial charge in [0.2, 0.25) is 10.0 Å². The van der Waals surface area contributed by atoms with Gasteiger partial charge in [-0.15, -0.1) is 0 Å². The summed E-state index contributed by atoms with van der Waals surface area (Å²) in [6.45, 7) is 4.01. The van der Waals surface area contributed by atoms with Crippen molar-refractivity contribution in [3.05, 3.63) is 29.8 Å². The molecule has 0 aromatic heterocycles. The van der Waals surface area contributed by atoms with Crippen LogP contribution in [0.15, 0.2) is 24.3 Å². The maximum atomic E-state index is 12.0. The summed E-state index contributed by atoms with van der Waals surface area (Å²) < 4.78 is 30.8. The lowest BCUT2D eigenvalue weighted by Crippen LogP contribution is -2.50. The summed E-state index contributed by atoms with van der Waals surface area (Å²) in [6.07, 6.45) is -0.343. The Bertz CT molecular complexity index is 615. The highest BCUT2D eigenvalue weighted by molar-refractivity contribution is 7.89. The van der Waals surface area contributed by atoms with Gasteiger partial charge in [-0.25, -0.2) is 13.1 Å². The lowest BCUT2D eigenvalue weighted by Gasteiger charge is -2.33. The number of nitrogens with one attached hydrogen (secondary N) is 1. The largest absolute Gasteiger partial charge is 0.365 e. The zero-order valence-corrected chi connectivity index (χ0v) is 13.0. The molecule has 116 valence electrons. The molecule has 0 saturated carbocycles. The number of hydrogen-bond donors (Lipinski definition) is 1. The second-order valence-electron chi connectivity index (χ2n) is 5.03. The molecular weight excluding hydrogens is 292 g/mol. The van der Waals surface area contributed by atoms with Crippen molar-refractivity contribution >= 4 is 21.6 Å². The Morgan fingerprint density at radius 2 is 2.19 bits per heavy atom. The Morgan fingerprint density at radius 1 is 1.43 bits per heavy atom. The number of rotatable bonds is 5. The van der Waals surface area contributed by atoms with Gasteiger partial charge in [-0.1, -0.05) is 12.1 Å². The van der Waals surface area contributed by atoms with E-state index < -0.39 is 10.0 Å². The van der Waals surface area contributed by atoms with Crippen LogP contribution in [-0.2, 0) is 19.6 Å². The van der Waals surface area contributed by atoms with E-state index in [1.54, 1.807) is 11.8 Å². The maximum Gasteiger partial charge on any atom is 0.253 e. The Kier molecular flexibility index (Phi) is 4.97. The first kappa shape index (κ1) is 15.9. The van der Waals surface area contributed by atoms with E-state index in [4.69, 9.17) is 4.74 Å². The lowest BCUT2D eigenvalue weighted by molar-refractivity contribution is -0.129. The Hall–Kier alpha value is -1.44. The second kappa shape index (κ2) is 6.55. The fourth-order valence-electron chi connectivity index (χ4n) is 2.12. The molecule has 1 fully saturated rings. The van der Waals surface area contributed by atoms with Crippen molar-refractivity contribution in [3.8, 4) is 0 Å². The van der Waals surface area contributed by atoms with Crippen molar-refractivity contribution < 1.29 is 17.9 Å². The smallest absolute Gasteiger partial charge is 0.253 e. The molecule has 1 aromatic rings. The van der Waals surface area contributed by atoms with E-state index in [9.17, 15) is 13.2 Å². The molecule has 1 N–H and O–H groups in total. The van der Waals surface area contributed by atoms with Crippen LogP contribution < -0.4 is 9.62 Å². The van der Waals surface area contributed by atoms with Gasteiger partial charge in [0.25, 0.3) is 5.91 Å². The molecule has 1 aromatic carbocycles. The van der Waals surface area contributed by atoms with Crippen molar-refractivity contribution in [2.24, 2.45) is 0 Å². The van der Waals surface area contributed by atoms with Gasteiger partial charge in [0.15, 0.2) is 0 Å². The van der Waals surface area contributed by atoms with Gasteiger partial charge in [-0.2, -0.15) is 0 Å². The molecule has 6 nitrogen and oxygen atoms in total. The summed E-state index contributed by atoms with van der Waals surface area (Å²) in [5.74, 6) is -0.0875. The number of carbonyl (C=O) groups is 1. The average molecular weight is 312 g/mol. The molecule has 7 heteroatoms. The fourth-order valence-corrected chi connectivity index (χ4v) is 2.76. The minimum Gasteiger partial charge on any atom is -0.365 e. The van der Waals surface area contributed by atoms with Crippen LogP contribution in [0.5, 0.6) is 0 Å². The molecule has 0 aliphatic carbocycles. The van der Waals surface area contributed by atoms with Crippen molar-refractivity contribution in [1.82, 2.24) is 4.72 Å². The lowest BCUT2D eigenvalue weighted by atomic mass is 10.2. The van der Waals surface area contributed by atoms with Crippen molar-refractivity contribution in [3.63, 3.8) is 0 Å². The molecule has 1 aliphatic rings. The number of sulfonamides is 1. The molecule has 1 heterocycles. The third-order valence-corrected chi connectivity index (χ3v) is 4.72. The predicted molar refractivity (Wildman–Crippen MR) is 80.7 cm³/mol. The van der Waals surface area contributed by atoms with Crippen molar-refractivity contribution in [1.29, 1.82) is 0 Å². The number of ether oxygens (including phenoxy) is 1. The predicted octanol–water partition coefficient (Wildman–Crippen LogP) is 0.666. The number of nitrogens with zero attached hydrogens (tertiary/aromatic N) is 1. The van der Waals surface area contributed by atoms with E-state index in [1.165, 1.54) is 0 Å². The number of hydrogen-bond acceptors (Lipinski definition) is 4. The summed E-state index contributed by atoms with van der Waals surface area (Å²) in [6, 6.07) is 7.64. The number of aryl methyl sites for hydroxylation is 1. The van der Waals surface area contributed by atoms with Gasteiger partial charge < -0.3 is 9.64 Å². The summed E-state index contributed by atoms with van der Waals surface area (Å²) >= 11 is 0. The zero-order valence-electron chi connectivity index (χ0n) is 12.2. The third-order valence-electron chi connectivity index (χ3n) is 3.35. The standard InChI is InChI=1S/C14H20N2O4S/c1-3-21(18,19)15-8-13-9-16(14(17)10-20-13)12-6-4-5-11(2)7-12/h4-7,13,15H,3,8-10H2,1-2H3. The first-order valence-electron chi connectivity index (χ1n) is 6.87. The van der Waals surface area contributed by atoms with E-state index in [2.05, 4.69) is 4.72 Å². The zero-order chi connectivity index (χ0) is 15.5. The minimum absolute atomic E-state index is 0.0280. The molecular formula is C14H20N2O4S. The minimum atomic E-state index is -3.25. The first-order chi connectivity index (χ1) is 9.91. The summed E-state index contributed by atoms with van der Waals surface area (Å²) in [5, 5.41) is 0. The summed E-state index contributed by atoms with van der Waals surface area (Å²) in [5.41, 5.74) is 1.88. The third kappa shape index (κ3) is 4.26. The molecule has 0 bridgehead atoms. The van der Waals surface area contributed by atoms with Crippen LogP contribution in [0.1, 0.15) is 12.5 Å². The van der Waals surface area contributed by atoms with Crippen LogP contribution in [0, 0.1) is 6.92 Å². The summed E-state index contributed by atoms with van der Waals surface area (Å²) in [4.78, 5) is 13.6. The number of morpholine rings is 1. The Labute approximate surface area is 125 Å². The molecule has 0 radical (unpaired) electrons. The molecule has 1 aliphatic heterocycles. The van der Waals surface area contributed by atoms with Gasteiger partial charge in [0, 0.05) is 12.2 Å². The number of carbonyl (C=O) groups excluding carboxylic acids is 1. The SMILES string of the molecule is CCS(=O)(=O)NCC1CN(c2cccc(C)c2)C(=O)CO1. The molecule has 1 amide bonds. The van der Waals surface area contributed by atoms with E-state index >= 15 is 0 Å². The van der Waals surface area contributed by atoms with Crippen molar-refractivity contribution in [2.45, 2.75) is 20.0 Å². The van der Waals surface area contributed by atoms with Crippen LogP contribution in [0.4, 0.5) is 5.69 Å². The molecule has 1 unspecified atom stereocenters. The monoisotopic (exact) mass is 312 g/mol. The number of anilines is 1. The Morgan fingerprint density at radius 3 is 2.86 bits per heavy atom. The van der Waals surface area contributed by atoms with Gasteiger partial charge in [0.05, 0.1) is 18.4 Å². The van der Waals surface area contributed by atoms with Gasteiger partial charge in [-0.3, -0.25) is 4.79 Å². The van der Waals surface area contributed by atoms with E-state index in [0.717, 1.165) is 11.3 Å². The van der Waals surface area contributed by atoms with Crippen LogP contribution in [0.25, 0.3) is 0 Å². The van der Waals surface area contributed by atoms with Crippen LogP contribution in [0.2, 0.25) is 0 Å². The van der Waals surface area contributed by atoms with Crippen LogP contribution in [0.3, 0.4) is 0 Å². The molecule has 2 rings (SSSR count). The van der Waals surface area contributed by atoms with Gasteiger partial charge in [0.1, 0.15) is 6.61 Å². The van der Waals surface area contributed by atoms with E-state index in [1.807, 2.05) is 31.2 Å². The van der Waals surface area contributed by atoms with Crippen molar-refractivity contribution in [2.75, 3.05) is 30.3 Å². The van der Waals surface area contributed by atoms with Gasteiger partial charge >= 0.3 is 0 Å². The molecule has 0 spiro atoms. The summed E-state index contributed by atoms with van der Waals surface area (Å²) in [7, 11) is -3.25. The first-order valence-corrected chi connectivity index (χ1v) is 8.52.